The van der Waals surface area contributed by atoms with Crippen LogP contribution in [0, 0.1) is 13.8 Å². The second-order valence-electron chi connectivity index (χ2n) is 4.40. The molecule has 0 spiro atoms. The molecule has 0 fully saturated rings. The Morgan fingerprint density at radius 2 is 2.11 bits per heavy atom. The Morgan fingerprint density at radius 3 is 2.89 bits per heavy atom. The van der Waals surface area contributed by atoms with Crippen LogP contribution < -0.4 is 4.74 Å². The van der Waals surface area contributed by atoms with Crippen molar-refractivity contribution in [1.82, 2.24) is 9.97 Å². The summed E-state index contributed by atoms with van der Waals surface area (Å²) in [5.74, 6) is 2.22. The number of hydrogen-bond acceptors (Lipinski definition) is 4. The van der Waals surface area contributed by atoms with E-state index in [9.17, 15) is 0 Å². The first-order chi connectivity index (χ1) is 9.22. The molecular weight excluding hydrogens is 240 g/mol. The normalized spacial score (nSPS) is 10.8. The molecule has 2 aromatic heterocycles. The summed E-state index contributed by atoms with van der Waals surface area (Å²) < 4.78 is 11.2. The van der Waals surface area contributed by atoms with Crippen LogP contribution in [-0.4, -0.2) is 9.97 Å². The largest absolute Gasteiger partial charge is 0.484 e. The van der Waals surface area contributed by atoms with E-state index in [1.807, 2.05) is 44.2 Å². The number of ether oxygens (including phenoxy) is 1. The summed E-state index contributed by atoms with van der Waals surface area (Å²) in [6.07, 6.45) is 1.78. The predicted octanol–water partition coefficient (Wildman–Crippen LogP) is 3.42. The predicted molar refractivity (Wildman–Crippen MR) is 72.1 cm³/mol. The fourth-order valence-electron chi connectivity index (χ4n) is 1.89. The van der Waals surface area contributed by atoms with Crippen LogP contribution in [-0.2, 0) is 6.61 Å². The fraction of sp³-hybridized carbons (Fsp3) is 0.200. The summed E-state index contributed by atoms with van der Waals surface area (Å²) in [6.45, 7) is 4.15. The topological polar surface area (TPSA) is 48.2 Å². The van der Waals surface area contributed by atoms with Gasteiger partial charge in [-0.05, 0) is 38.1 Å². The highest BCUT2D eigenvalue weighted by atomic mass is 16.5. The standard InChI is InChI=1S/C15H14N2O2/c1-10-11(2)19-15(17-10)9-18-13-5-6-14-12(8-13)4-3-7-16-14/h3-8H,9H2,1-2H3. The van der Waals surface area contributed by atoms with Crippen molar-refractivity contribution in [2.24, 2.45) is 0 Å². The summed E-state index contributed by atoms with van der Waals surface area (Å²) in [5, 5.41) is 1.06. The number of hydrogen-bond donors (Lipinski definition) is 0. The molecule has 0 saturated heterocycles. The van der Waals surface area contributed by atoms with E-state index < -0.39 is 0 Å². The second-order valence-corrected chi connectivity index (χ2v) is 4.40. The van der Waals surface area contributed by atoms with Crippen LogP contribution in [0.15, 0.2) is 40.9 Å². The van der Waals surface area contributed by atoms with Crippen LogP contribution in [0.1, 0.15) is 17.3 Å². The molecule has 0 aliphatic rings. The third-order valence-corrected chi connectivity index (χ3v) is 3.01. The van der Waals surface area contributed by atoms with Gasteiger partial charge in [-0.15, -0.1) is 0 Å². The maximum absolute atomic E-state index is 5.68. The second kappa shape index (κ2) is 4.72. The smallest absolute Gasteiger partial charge is 0.232 e. The van der Waals surface area contributed by atoms with E-state index in [0.717, 1.165) is 28.1 Å². The van der Waals surface area contributed by atoms with Crippen molar-refractivity contribution >= 4 is 10.9 Å². The molecule has 3 rings (SSSR count). The number of aromatic nitrogens is 2. The lowest BCUT2D eigenvalue weighted by Crippen LogP contribution is -1.95. The molecule has 0 unspecified atom stereocenters. The van der Waals surface area contributed by atoms with Crippen molar-refractivity contribution in [2.75, 3.05) is 0 Å². The molecule has 0 amide bonds. The Kier molecular flexibility index (Phi) is 2.91. The minimum Gasteiger partial charge on any atom is -0.484 e. The number of oxazole rings is 1. The van der Waals surface area contributed by atoms with Crippen LogP contribution >= 0.6 is 0 Å². The average molecular weight is 254 g/mol. The lowest BCUT2D eigenvalue weighted by molar-refractivity contribution is 0.260. The average Bonchev–Trinajstić information content (AvgIpc) is 2.75. The van der Waals surface area contributed by atoms with E-state index in [1.54, 1.807) is 6.20 Å². The van der Waals surface area contributed by atoms with Crippen molar-refractivity contribution < 1.29 is 9.15 Å². The summed E-state index contributed by atoms with van der Waals surface area (Å²) >= 11 is 0. The molecule has 0 saturated carbocycles. The van der Waals surface area contributed by atoms with Gasteiger partial charge in [-0.2, -0.15) is 0 Å². The molecule has 0 aliphatic carbocycles. The lowest BCUT2D eigenvalue weighted by atomic mass is 10.2. The molecule has 0 N–H and O–H groups in total. The molecule has 0 atom stereocenters. The zero-order valence-electron chi connectivity index (χ0n) is 10.9. The van der Waals surface area contributed by atoms with E-state index in [2.05, 4.69) is 9.97 Å². The van der Waals surface area contributed by atoms with Crippen LogP contribution in [0.5, 0.6) is 5.75 Å². The number of aryl methyl sites for hydroxylation is 2. The molecule has 1 aromatic carbocycles. The minimum atomic E-state index is 0.334. The van der Waals surface area contributed by atoms with Gasteiger partial charge in [-0.25, -0.2) is 4.98 Å². The van der Waals surface area contributed by atoms with Crippen molar-refractivity contribution in [3.8, 4) is 5.75 Å². The van der Waals surface area contributed by atoms with Crippen LogP contribution in [0.3, 0.4) is 0 Å². The maximum atomic E-state index is 5.68. The fourth-order valence-corrected chi connectivity index (χ4v) is 1.89. The molecule has 0 aliphatic heterocycles. The van der Waals surface area contributed by atoms with Gasteiger partial charge in [0.2, 0.25) is 5.89 Å². The SMILES string of the molecule is Cc1nc(COc2ccc3ncccc3c2)oc1C. The maximum Gasteiger partial charge on any atom is 0.232 e. The number of benzene rings is 1. The Balaban J connectivity index is 1.78. The number of pyridine rings is 1. The highest BCUT2D eigenvalue weighted by Gasteiger charge is 2.06. The number of fused-ring (bicyclic) bond motifs is 1. The van der Waals surface area contributed by atoms with Gasteiger partial charge in [0, 0.05) is 11.6 Å². The van der Waals surface area contributed by atoms with Gasteiger partial charge in [0.05, 0.1) is 11.2 Å². The Labute approximate surface area is 111 Å². The third kappa shape index (κ3) is 2.42. The minimum absolute atomic E-state index is 0.334. The molecule has 4 nitrogen and oxygen atoms in total. The Bertz CT molecular complexity index is 699. The van der Waals surface area contributed by atoms with Crippen molar-refractivity contribution in [2.45, 2.75) is 20.5 Å². The van der Waals surface area contributed by atoms with Gasteiger partial charge in [-0.3, -0.25) is 4.98 Å². The van der Waals surface area contributed by atoms with Gasteiger partial charge < -0.3 is 9.15 Å². The van der Waals surface area contributed by atoms with Crippen molar-refractivity contribution in [3.05, 3.63) is 53.9 Å². The van der Waals surface area contributed by atoms with Gasteiger partial charge >= 0.3 is 0 Å². The number of rotatable bonds is 3. The van der Waals surface area contributed by atoms with Crippen molar-refractivity contribution in [3.63, 3.8) is 0 Å². The molecule has 4 heteroatoms. The van der Waals surface area contributed by atoms with Crippen LogP contribution in [0.2, 0.25) is 0 Å². The molecule has 96 valence electrons. The molecule has 0 radical (unpaired) electrons. The van der Waals surface area contributed by atoms with E-state index in [-0.39, 0.29) is 0 Å². The van der Waals surface area contributed by atoms with Gasteiger partial charge in [-0.1, -0.05) is 6.07 Å². The van der Waals surface area contributed by atoms with E-state index in [1.165, 1.54) is 0 Å². The molecule has 19 heavy (non-hydrogen) atoms. The van der Waals surface area contributed by atoms with E-state index in [0.29, 0.717) is 12.5 Å². The Morgan fingerprint density at radius 1 is 1.21 bits per heavy atom. The van der Waals surface area contributed by atoms with E-state index in [4.69, 9.17) is 9.15 Å². The zero-order chi connectivity index (χ0) is 13.2. The van der Waals surface area contributed by atoms with Gasteiger partial charge in [0.1, 0.15) is 11.5 Å². The summed E-state index contributed by atoms with van der Waals surface area (Å²) in [4.78, 5) is 8.55. The van der Waals surface area contributed by atoms with Crippen LogP contribution in [0.25, 0.3) is 10.9 Å². The summed E-state index contributed by atoms with van der Waals surface area (Å²) in [7, 11) is 0. The van der Waals surface area contributed by atoms with E-state index >= 15 is 0 Å². The third-order valence-electron chi connectivity index (χ3n) is 3.01. The zero-order valence-corrected chi connectivity index (χ0v) is 10.9. The van der Waals surface area contributed by atoms with Crippen LogP contribution in [0.4, 0.5) is 0 Å². The molecule has 2 heterocycles. The molecule has 0 bridgehead atoms. The van der Waals surface area contributed by atoms with Crippen molar-refractivity contribution in [1.29, 1.82) is 0 Å². The quantitative estimate of drug-likeness (QED) is 0.718. The molecule has 3 aromatic rings. The van der Waals surface area contributed by atoms with Gasteiger partial charge in [0.15, 0.2) is 6.61 Å². The highest BCUT2D eigenvalue weighted by Crippen LogP contribution is 2.20. The first kappa shape index (κ1) is 11.7. The van der Waals surface area contributed by atoms with Gasteiger partial charge in [0.25, 0.3) is 0 Å². The Hall–Kier alpha value is -2.36. The summed E-state index contributed by atoms with van der Waals surface area (Å²) in [6, 6.07) is 9.72. The lowest BCUT2D eigenvalue weighted by Gasteiger charge is -2.04. The highest BCUT2D eigenvalue weighted by molar-refractivity contribution is 5.79. The first-order valence-electron chi connectivity index (χ1n) is 6.13. The monoisotopic (exact) mass is 254 g/mol. The first-order valence-corrected chi connectivity index (χ1v) is 6.13. The number of nitrogens with zero attached hydrogens (tertiary/aromatic N) is 2. The summed E-state index contributed by atoms with van der Waals surface area (Å²) in [5.41, 5.74) is 1.86. The molecular formula is C15H14N2O2.